The molecule has 1 aliphatic carbocycles. The van der Waals surface area contributed by atoms with Gasteiger partial charge in [-0.1, -0.05) is 49.2 Å². The van der Waals surface area contributed by atoms with Crippen molar-refractivity contribution in [2.24, 2.45) is 10.9 Å². The van der Waals surface area contributed by atoms with Crippen molar-refractivity contribution in [1.82, 2.24) is 24.6 Å². The second kappa shape index (κ2) is 12.0. The van der Waals surface area contributed by atoms with Crippen molar-refractivity contribution in [3.63, 3.8) is 0 Å². The molecule has 7 rings (SSSR count). The molecule has 9 nitrogen and oxygen atoms in total. The topological polar surface area (TPSA) is 89.4 Å². The largest absolute Gasteiger partial charge is 0.334 e. The lowest BCUT2D eigenvalue weighted by Crippen LogP contribution is -2.63. The van der Waals surface area contributed by atoms with Crippen molar-refractivity contribution < 1.29 is 18.8 Å². The Balaban J connectivity index is 1.23. The third-order valence-electron chi connectivity index (χ3n) is 10.6. The van der Waals surface area contributed by atoms with E-state index in [0.717, 1.165) is 30.5 Å². The second-order valence-corrected chi connectivity index (χ2v) is 15.9. The molecule has 1 aromatic carbocycles. The number of pyridine rings is 1. The van der Waals surface area contributed by atoms with Crippen LogP contribution in [0.4, 0.5) is 4.39 Å². The van der Waals surface area contributed by atoms with Gasteiger partial charge in [-0.2, -0.15) is 0 Å². The van der Waals surface area contributed by atoms with Gasteiger partial charge in [0.2, 0.25) is 11.8 Å². The number of benzene rings is 1. The fraction of sp³-hybridized carbons (Fsp3) is 0.514. The van der Waals surface area contributed by atoms with E-state index < -0.39 is 23.4 Å². The molecule has 2 saturated heterocycles. The highest BCUT2D eigenvalue weighted by atomic mass is 35.5. The molecule has 254 valence electrons. The maximum Gasteiger partial charge on any atom is 0.263 e. The standard InChI is InChI=1S/C35H39Cl2FN6O3S/c1-19(2)28-29(32(47)41-14-6-7-26(41)31(46)42-18-35(12-13-35)43(21(4)45)17-20(42)3)48-33-40-34(5,23-9-11-27(37)39-16-23)30(44(28)33)22-8-10-24(36)25(38)15-22/h8-11,15-16,19-20,26,30H,6-7,12-14,17-18H2,1-5H3/t20-,26+,30+,34-/m0/s1. The highest BCUT2D eigenvalue weighted by Gasteiger charge is 2.57. The van der Waals surface area contributed by atoms with E-state index in [2.05, 4.69) is 9.88 Å². The molecule has 0 unspecified atom stereocenters. The molecule has 0 radical (unpaired) electrons. The highest BCUT2D eigenvalue weighted by molar-refractivity contribution is 8.18. The monoisotopic (exact) mass is 712 g/mol. The number of thioether (sulfide) groups is 1. The molecule has 4 atom stereocenters. The minimum Gasteiger partial charge on any atom is -0.334 e. The molecule has 1 saturated carbocycles. The van der Waals surface area contributed by atoms with Gasteiger partial charge < -0.3 is 19.6 Å². The number of hydrogen-bond acceptors (Lipinski definition) is 7. The van der Waals surface area contributed by atoms with Gasteiger partial charge in [-0.3, -0.25) is 14.4 Å². The van der Waals surface area contributed by atoms with E-state index in [1.807, 2.05) is 43.6 Å². The molecule has 4 aliphatic heterocycles. The Hall–Kier alpha value is -3.15. The fourth-order valence-corrected chi connectivity index (χ4v) is 9.62. The SMILES string of the molecule is CC(=O)N1C[C@H](C)N(C(=O)[C@H]2CCCN2C(=O)C2=C(C(C)C)N3C(=N[C@@](C)(c4ccc(Cl)nc4)[C@H]3c3ccc(Cl)c(F)c3)S2)CC12CC2. The lowest BCUT2D eigenvalue weighted by atomic mass is 9.81. The number of likely N-dealkylation sites (tertiary alicyclic amines) is 1. The molecular weight excluding hydrogens is 674 g/mol. The third-order valence-corrected chi connectivity index (χ3v) is 12.2. The Morgan fingerprint density at radius 3 is 2.48 bits per heavy atom. The first kappa shape index (κ1) is 33.4. The average Bonchev–Trinajstić information content (AvgIpc) is 3.34. The normalized spacial score (nSPS) is 27.7. The molecule has 0 bridgehead atoms. The number of allylic oxidation sites excluding steroid dienone is 1. The Kier molecular flexibility index (Phi) is 8.35. The summed E-state index contributed by atoms with van der Waals surface area (Å²) in [4.78, 5) is 58.9. The molecule has 3 fully saturated rings. The van der Waals surface area contributed by atoms with Gasteiger partial charge in [0.25, 0.3) is 5.91 Å². The minimum absolute atomic E-state index is 0.0217. The molecule has 48 heavy (non-hydrogen) atoms. The number of carbonyl (C=O) groups is 3. The molecule has 2 aromatic rings. The number of fused-ring (bicyclic) bond motifs is 1. The first-order chi connectivity index (χ1) is 22.8. The van der Waals surface area contributed by atoms with E-state index in [4.69, 9.17) is 28.2 Å². The first-order valence-corrected chi connectivity index (χ1v) is 18.1. The van der Waals surface area contributed by atoms with Crippen LogP contribution in [-0.4, -0.2) is 84.7 Å². The van der Waals surface area contributed by atoms with Gasteiger partial charge in [-0.25, -0.2) is 14.4 Å². The lowest BCUT2D eigenvalue weighted by molar-refractivity contribution is -0.151. The molecule has 13 heteroatoms. The quantitative estimate of drug-likeness (QED) is 0.335. The molecule has 5 heterocycles. The van der Waals surface area contributed by atoms with Crippen LogP contribution in [0, 0.1) is 11.7 Å². The zero-order chi connectivity index (χ0) is 34.3. The van der Waals surface area contributed by atoms with Crippen molar-refractivity contribution in [1.29, 1.82) is 0 Å². The van der Waals surface area contributed by atoms with Gasteiger partial charge in [-0.05, 0) is 81.0 Å². The van der Waals surface area contributed by atoms with Gasteiger partial charge in [0.15, 0.2) is 5.17 Å². The van der Waals surface area contributed by atoms with Crippen LogP contribution in [0.25, 0.3) is 0 Å². The minimum atomic E-state index is -0.891. The number of rotatable bonds is 5. The molecule has 5 aliphatic rings. The van der Waals surface area contributed by atoms with Gasteiger partial charge >= 0.3 is 0 Å². The van der Waals surface area contributed by atoms with Crippen LogP contribution >= 0.6 is 35.0 Å². The summed E-state index contributed by atoms with van der Waals surface area (Å²) in [6.45, 7) is 11.1. The Bertz CT molecular complexity index is 1760. The van der Waals surface area contributed by atoms with E-state index in [1.54, 1.807) is 36.2 Å². The van der Waals surface area contributed by atoms with Crippen LogP contribution in [0.3, 0.4) is 0 Å². The van der Waals surface area contributed by atoms with Gasteiger partial charge in [0.1, 0.15) is 27.5 Å². The number of piperazine rings is 1. The maximum atomic E-state index is 15.0. The number of nitrogens with zero attached hydrogens (tertiary/aromatic N) is 6. The number of halogens is 3. The van der Waals surface area contributed by atoms with Crippen molar-refractivity contribution in [3.05, 3.63) is 74.3 Å². The average molecular weight is 714 g/mol. The van der Waals surface area contributed by atoms with Crippen LogP contribution < -0.4 is 0 Å². The molecule has 1 spiro atoms. The summed E-state index contributed by atoms with van der Waals surface area (Å²) in [5.74, 6) is -0.832. The van der Waals surface area contributed by atoms with E-state index in [-0.39, 0.29) is 40.2 Å². The molecule has 0 N–H and O–H groups in total. The summed E-state index contributed by atoms with van der Waals surface area (Å²) in [5.41, 5.74) is 1.07. The van der Waals surface area contributed by atoms with E-state index in [9.17, 15) is 14.4 Å². The lowest BCUT2D eigenvalue weighted by Gasteiger charge is -2.47. The van der Waals surface area contributed by atoms with Crippen molar-refractivity contribution in [2.75, 3.05) is 19.6 Å². The smallest absolute Gasteiger partial charge is 0.263 e. The predicted octanol–water partition coefficient (Wildman–Crippen LogP) is 6.37. The van der Waals surface area contributed by atoms with Crippen molar-refractivity contribution in [3.8, 4) is 0 Å². The number of aliphatic imine (C=N–C) groups is 1. The fourth-order valence-electron chi connectivity index (χ4n) is 8.02. The van der Waals surface area contributed by atoms with Gasteiger partial charge in [0, 0.05) is 50.1 Å². The first-order valence-electron chi connectivity index (χ1n) is 16.5. The molecule has 3 amide bonds. The van der Waals surface area contributed by atoms with Gasteiger partial charge in [0.05, 0.1) is 16.6 Å². The van der Waals surface area contributed by atoms with Crippen molar-refractivity contribution in [2.45, 2.75) is 89.5 Å². The maximum absolute atomic E-state index is 15.0. The zero-order valence-electron chi connectivity index (χ0n) is 27.7. The molecule has 1 aromatic heterocycles. The van der Waals surface area contributed by atoms with E-state index >= 15 is 4.39 Å². The third kappa shape index (κ3) is 5.31. The molecular formula is C35H39Cl2FN6O3S. The van der Waals surface area contributed by atoms with Crippen LogP contribution in [-0.2, 0) is 19.9 Å². The summed E-state index contributed by atoms with van der Waals surface area (Å²) in [6.07, 6.45) is 4.78. The number of amides is 3. The highest BCUT2D eigenvalue weighted by Crippen LogP contribution is 2.56. The second-order valence-electron chi connectivity index (χ2n) is 14.2. The number of aromatic nitrogens is 1. The number of amidine groups is 1. The number of hydrogen-bond donors (Lipinski definition) is 0. The summed E-state index contributed by atoms with van der Waals surface area (Å²) >= 11 is 13.6. The van der Waals surface area contributed by atoms with Crippen molar-refractivity contribution >= 4 is 57.9 Å². The number of carbonyl (C=O) groups excluding carboxylic acids is 3. The van der Waals surface area contributed by atoms with Crippen LogP contribution in [0.2, 0.25) is 10.2 Å². The van der Waals surface area contributed by atoms with E-state index in [1.165, 1.54) is 17.8 Å². The summed E-state index contributed by atoms with van der Waals surface area (Å²) in [5, 5.41) is 1.00. The van der Waals surface area contributed by atoms with E-state index in [0.29, 0.717) is 46.8 Å². The Morgan fingerprint density at radius 2 is 1.85 bits per heavy atom. The predicted molar refractivity (Wildman–Crippen MR) is 185 cm³/mol. The summed E-state index contributed by atoms with van der Waals surface area (Å²) in [6, 6.07) is 7.13. The summed E-state index contributed by atoms with van der Waals surface area (Å²) < 4.78 is 15.0. The van der Waals surface area contributed by atoms with Gasteiger partial charge in [-0.15, -0.1) is 0 Å². The van der Waals surface area contributed by atoms with Crippen LogP contribution in [0.5, 0.6) is 0 Å². The summed E-state index contributed by atoms with van der Waals surface area (Å²) in [7, 11) is 0. The Morgan fingerprint density at radius 1 is 1.10 bits per heavy atom. The van der Waals surface area contributed by atoms with Crippen LogP contribution in [0.15, 0.2) is 52.1 Å². The van der Waals surface area contributed by atoms with Crippen LogP contribution in [0.1, 0.15) is 77.5 Å². The Labute approximate surface area is 294 Å². The zero-order valence-corrected chi connectivity index (χ0v) is 30.0.